The Kier molecular flexibility index (Phi) is 3.84. The van der Waals surface area contributed by atoms with Crippen molar-refractivity contribution in [3.05, 3.63) is 23.8 Å². The highest BCUT2D eigenvalue weighted by molar-refractivity contribution is 5.99. The molecule has 0 saturated carbocycles. The predicted molar refractivity (Wildman–Crippen MR) is 66.4 cm³/mol. The van der Waals surface area contributed by atoms with Crippen LogP contribution in [0.5, 0.6) is 5.75 Å². The standard InChI is InChI=1S/C13H17NO4/c1-3-11-13(16)14(8-17-2)10-6-9(7-15)4-5-12(10)18-11/h4-6,11,15H,3,7-8H2,1-2H3. The van der Waals surface area contributed by atoms with E-state index in [2.05, 4.69) is 0 Å². The van der Waals surface area contributed by atoms with Gasteiger partial charge in [-0.15, -0.1) is 0 Å². The second-order valence-electron chi connectivity index (χ2n) is 4.16. The Hall–Kier alpha value is -1.59. The van der Waals surface area contributed by atoms with E-state index in [1.807, 2.05) is 6.92 Å². The maximum atomic E-state index is 12.2. The summed E-state index contributed by atoms with van der Waals surface area (Å²) in [4.78, 5) is 13.7. The van der Waals surface area contributed by atoms with Gasteiger partial charge in [-0.25, -0.2) is 0 Å². The number of ether oxygens (including phenoxy) is 2. The van der Waals surface area contributed by atoms with Gasteiger partial charge in [0.2, 0.25) is 0 Å². The first-order chi connectivity index (χ1) is 8.71. The topological polar surface area (TPSA) is 59.0 Å². The van der Waals surface area contributed by atoms with E-state index in [0.29, 0.717) is 17.9 Å². The summed E-state index contributed by atoms with van der Waals surface area (Å²) < 4.78 is 10.7. The summed E-state index contributed by atoms with van der Waals surface area (Å²) in [6.07, 6.45) is 0.146. The Morgan fingerprint density at radius 2 is 2.28 bits per heavy atom. The highest BCUT2D eigenvalue weighted by Crippen LogP contribution is 2.35. The summed E-state index contributed by atoms with van der Waals surface area (Å²) in [6, 6.07) is 5.31. The van der Waals surface area contributed by atoms with Crippen LogP contribution in [0.25, 0.3) is 0 Å². The molecule has 18 heavy (non-hydrogen) atoms. The molecule has 1 aliphatic rings. The Morgan fingerprint density at radius 3 is 2.89 bits per heavy atom. The maximum Gasteiger partial charge on any atom is 0.270 e. The number of nitrogens with zero attached hydrogens (tertiary/aromatic N) is 1. The van der Waals surface area contributed by atoms with E-state index in [9.17, 15) is 4.79 Å². The molecule has 5 nitrogen and oxygen atoms in total. The van der Waals surface area contributed by atoms with Gasteiger partial charge in [-0.05, 0) is 24.1 Å². The number of aliphatic hydroxyl groups is 1. The average Bonchev–Trinajstić information content (AvgIpc) is 2.41. The number of anilines is 1. The minimum Gasteiger partial charge on any atom is -0.478 e. The molecule has 1 aromatic carbocycles. The lowest BCUT2D eigenvalue weighted by molar-refractivity contribution is -0.127. The number of fused-ring (bicyclic) bond motifs is 1. The first-order valence-electron chi connectivity index (χ1n) is 5.92. The quantitative estimate of drug-likeness (QED) is 0.876. The lowest BCUT2D eigenvalue weighted by atomic mass is 10.1. The van der Waals surface area contributed by atoms with E-state index in [-0.39, 0.29) is 19.2 Å². The van der Waals surface area contributed by atoms with Crippen molar-refractivity contribution in [2.75, 3.05) is 18.7 Å². The van der Waals surface area contributed by atoms with Crippen LogP contribution in [0, 0.1) is 0 Å². The van der Waals surface area contributed by atoms with Crippen molar-refractivity contribution in [1.29, 1.82) is 0 Å². The van der Waals surface area contributed by atoms with E-state index in [1.54, 1.807) is 30.2 Å². The van der Waals surface area contributed by atoms with E-state index >= 15 is 0 Å². The fraction of sp³-hybridized carbons (Fsp3) is 0.462. The molecule has 1 aromatic rings. The second-order valence-corrected chi connectivity index (χ2v) is 4.16. The SMILES string of the molecule is CCC1Oc2ccc(CO)cc2N(COC)C1=O. The minimum absolute atomic E-state index is 0.0699. The van der Waals surface area contributed by atoms with Crippen molar-refractivity contribution >= 4 is 11.6 Å². The molecule has 1 unspecified atom stereocenters. The number of benzene rings is 1. The van der Waals surface area contributed by atoms with Crippen LogP contribution in [0.2, 0.25) is 0 Å². The highest BCUT2D eigenvalue weighted by Gasteiger charge is 2.33. The Morgan fingerprint density at radius 1 is 1.50 bits per heavy atom. The number of methoxy groups -OCH3 is 1. The third-order valence-electron chi connectivity index (χ3n) is 2.94. The summed E-state index contributed by atoms with van der Waals surface area (Å²) in [6.45, 7) is 2.01. The Labute approximate surface area is 106 Å². The van der Waals surface area contributed by atoms with Gasteiger partial charge in [-0.1, -0.05) is 13.0 Å². The van der Waals surface area contributed by atoms with Crippen LogP contribution in [-0.2, 0) is 16.1 Å². The maximum absolute atomic E-state index is 12.2. The monoisotopic (exact) mass is 251 g/mol. The van der Waals surface area contributed by atoms with Gasteiger partial charge >= 0.3 is 0 Å². The van der Waals surface area contributed by atoms with Crippen molar-refractivity contribution in [3.63, 3.8) is 0 Å². The van der Waals surface area contributed by atoms with Crippen LogP contribution in [-0.4, -0.2) is 31.0 Å². The van der Waals surface area contributed by atoms with Gasteiger partial charge in [0, 0.05) is 7.11 Å². The van der Waals surface area contributed by atoms with E-state index < -0.39 is 6.10 Å². The number of carbonyl (C=O) groups excluding carboxylic acids is 1. The van der Waals surface area contributed by atoms with Crippen LogP contribution in [0.1, 0.15) is 18.9 Å². The summed E-state index contributed by atoms with van der Waals surface area (Å²) >= 11 is 0. The zero-order valence-corrected chi connectivity index (χ0v) is 10.5. The lowest BCUT2D eigenvalue weighted by Crippen LogP contribution is -2.46. The first kappa shape index (κ1) is 12.9. The number of carbonyl (C=O) groups is 1. The number of hydrogen-bond acceptors (Lipinski definition) is 4. The van der Waals surface area contributed by atoms with Gasteiger partial charge in [0.1, 0.15) is 12.5 Å². The van der Waals surface area contributed by atoms with Crippen LogP contribution < -0.4 is 9.64 Å². The molecule has 0 aliphatic carbocycles. The molecule has 5 heteroatoms. The zero-order chi connectivity index (χ0) is 13.1. The van der Waals surface area contributed by atoms with E-state index in [4.69, 9.17) is 14.6 Å². The summed E-state index contributed by atoms with van der Waals surface area (Å²) in [7, 11) is 1.54. The number of amides is 1. The number of hydrogen-bond donors (Lipinski definition) is 1. The fourth-order valence-corrected chi connectivity index (χ4v) is 1.99. The van der Waals surface area contributed by atoms with Crippen molar-refractivity contribution in [2.24, 2.45) is 0 Å². The molecule has 98 valence electrons. The summed E-state index contributed by atoms with van der Waals surface area (Å²) in [5.74, 6) is 0.539. The molecule has 0 aromatic heterocycles. The molecule has 0 radical (unpaired) electrons. The van der Waals surface area contributed by atoms with Gasteiger partial charge in [-0.3, -0.25) is 9.69 Å². The molecule has 0 bridgehead atoms. The molecular weight excluding hydrogens is 234 g/mol. The van der Waals surface area contributed by atoms with Crippen molar-refractivity contribution < 1.29 is 19.4 Å². The smallest absolute Gasteiger partial charge is 0.270 e. The second kappa shape index (κ2) is 5.37. The summed E-state index contributed by atoms with van der Waals surface area (Å²) in [5, 5.41) is 9.14. The van der Waals surface area contributed by atoms with Gasteiger partial charge in [0.05, 0.1) is 12.3 Å². The molecule has 0 spiro atoms. The number of aliphatic hydroxyl groups excluding tert-OH is 1. The molecule has 1 N–H and O–H groups in total. The van der Waals surface area contributed by atoms with E-state index in [1.165, 1.54) is 0 Å². The van der Waals surface area contributed by atoms with Gasteiger partial charge in [0.15, 0.2) is 6.10 Å². The van der Waals surface area contributed by atoms with Crippen LogP contribution in [0.15, 0.2) is 18.2 Å². The third kappa shape index (κ3) is 2.19. The van der Waals surface area contributed by atoms with Gasteiger partial charge in [-0.2, -0.15) is 0 Å². The number of rotatable bonds is 4. The highest BCUT2D eigenvalue weighted by atomic mass is 16.5. The van der Waals surface area contributed by atoms with Crippen LogP contribution in [0.4, 0.5) is 5.69 Å². The molecule has 0 fully saturated rings. The average molecular weight is 251 g/mol. The largest absolute Gasteiger partial charge is 0.478 e. The van der Waals surface area contributed by atoms with Gasteiger partial charge in [0.25, 0.3) is 5.91 Å². The Balaban J connectivity index is 2.42. The van der Waals surface area contributed by atoms with Crippen molar-refractivity contribution in [2.45, 2.75) is 26.1 Å². The lowest BCUT2D eigenvalue weighted by Gasteiger charge is -2.33. The predicted octanol–water partition coefficient (Wildman–Crippen LogP) is 1.29. The molecule has 0 saturated heterocycles. The molecule has 1 amide bonds. The molecule has 1 atom stereocenters. The van der Waals surface area contributed by atoms with Crippen molar-refractivity contribution in [3.8, 4) is 5.75 Å². The third-order valence-corrected chi connectivity index (χ3v) is 2.94. The zero-order valence-electron chi connectivity index (χ0n) is 10.5. The molecule has 1 heterocycles. The minimum atomic E-state index is -0.465. The van der Waals surface area contributed by atoms with Crippen molar-refractivity contribution in [1.82, 2.24) is 0 Å². The Bertz CT molecular complexity index is 447. The van der Waals surface area contributed by atoms with Gasteiger partial charge < -0.3 is 14.6 Å². The van der Waals surface area contributed by atoms with Crippen LogP contribution in [0.3, 0.4) is 0 Å². The van der Waals surface area contributed by atoms with Crippen LogP contribution >= 0.6 is 0 Å². The molecule has 2 rings (SSSR count). The molecule has 1 aliphatic heterocycles. The first-order valence-corrected chi connectivity index (χ1v) is 5.92. The van der Waals surface area contributed by atoms with E-state index in [0.717, 1.165) is 5.56 Å². The molecular formula is C13H17NO4. The normalized spacial score (nSPS) is 18.5. The summed E-state index contributed by atoms with van der Waals surface area (Å²) in [5.41, 5.74) is 1.39. The fourth-order valence-electron chi connectivity index (χ4n) is 1.99.